The van der Waals surface area contributed by atoms with Crippen molar-refractivity contribution in [2.24, 2.45) is 0 Å². The van der Waals surface area contributed by atoms with E-state index in [9.17, 15) is 0 Å². The summed E-state index contributed by atoms with van der Waals surface area (Å²) in [4.78, 5) is 0. The topological polar surface area (TPSA) is 61.4 Å². The van der Waals surface area contributed by atoms with Crippen LogP contribution in [0.4, 0.5) is 0 Å². The first-order chi connectivity index (χ1) is 15.2. The third-order valence-electron chi connectivity index (χ3n) is 5.22. The van der Waals surface area contributed by atoms with Crippen LogP contribution in [0.5, 0.6) is 17.2 Å². The Balaban J connectivity index is 0.00000289. The molecule has 3 aromatic carbocycles. The van der Waals surface area contributed by atoms with Crippen LogP contribution in [0, 0.1) is 12.3 Å². The van der Waals surface area contributed by atoms with Gasteiger partial charge in [0.2, 0.25) is 5.62 Å². The molecule has 0 aliphatic carbocycles. The lowest BCUT2D eigenvalue weighted by atomic mass is 10.2. The number of benzene rings is 3. The molecule has 0 aliphatic heterocycles. The molecule has 0 saturated carbocycles. The van der Waals surface area contributed by atoms with Crippen LogP contribution < -0.4 is 19.8 Å². The zero-order valence-electron chi connectivity index (χ0n) is 18.3. The van der Waals surface area contributed by atoms with Gasteiger partial charge in [0.1, 0.15) is 19.0 Å². The average Bonchev–Trinajstić information content (AvgIpc) is 3.07. The van der Waals surface area contributed by atoms with Crippen LogP contribution in [-0.2, 0) is 13.1 Å². The maximum Gasteiger partial charge on any atom is 0.203 e. The van der Waals surface area contributed by atoms with Gasteiger partial charge in [0, 0.05) is 0 Å². The number of ether oxygens (including phenoxy) is 3. The Morgan fingerprint density at radius 1 is 0.719 bits per heavy atom. The molecule has 6 nitrogen and oxygen atoms in total. The van der Waals surface area contributed by atoms with Crippen molar-refractivity contribution in [3.8, 4) is 17.2 Å². The van der Waals surface area contributed by atoms with E-state index in [2.05, 4.69) is 6.92 Å². The fourth-order valence-corrected chi connectivity index (χ4v) is 3.62. The lowest BCUT2D eigenvalue weighted by molar-refractivity contribution is 0.276. The van der Waals surface area contributed by atoms with E-state index in [1.807, 2.05) is 81.9 Å². The minimum atomic E-state index is 0. The number of nitrogens with zero attached hydrogens (tertiary/aromatic N) is 2. The van der Waals surface area contributed by atoms with E-state index in [4.69, 9.17) is 19.6 Å². The van der Waals surface area contributed by atoms with Crippen LogP contribution >= 0.6 is 17.0 Å². The van der Waals surface area contributed by atoms with Crippen molar-refractivity contribution in [2.45, 2.75) is 20.0 Å². The average molecular weight is 498 g/mol. The zero-order chi connectivity index (χ0) is 21.6. The molecule has 4 rings (SSSR count). The Kier molecular flexibility index (Phi) is 8.00. The minimum absolute atomic E-state index is 0. The van der Waals surface area contributed by atoms with Gasteiger partial charge in [-0.2, -0.15) is 0 Å². The van der Waals surface area contributed by atoms with Gasteiger partial charge >= 0.3 is 0 Å². The lowest BCUT2D eigenvalue weighted by Gasteiger charge is -2.11. The molecule has 0 bridgehead atoms. The molecule has 0 radical (unpaired) electrons. The highest BCUT2D eigenvalue weighted by molar-refractivity contribution is 8.93. The number of fused-ring (bicyclic) bond motifs is 1. The van der Waals surface area contributed by atoms with E-state index in [-0.39, 0.29) is 17.0 Å². The molecule has 1 aromatic heterocycles. The van der Waals surface area contributed by atoms with E-state index in [0.29, 0.717) is 43.4 Å². The summed E-state index contributed by atoms with van der Waals surface area (Å²) in [5.74, 6) is 2.24. The highest BCUT2D eigenvalue weighted by Gasteiger charge is 2.11. The number of hydrogen-bond donors (Lipinski definition) is 1. The Morgan fingerprint density at radius 2 is 1.25 bits per heavy atom. The predicted octanol–water partition coefficient (Wildman–Crippen LogP) is 4.98. The molecule has 0 unspecified atom stereocenters. The number of hydrogen-bond acceptors (Lipinski definition) is 4. The van der Waals surface area contributed by atoms with Gasteiger partial charge in [-0.3, -0.25) is 5.41 Å². The highest BCUT2D eigenvalue weighted by Crippen LogP contribution is 2.25. The second-order valence-electron chi connectivity index (χ2n) is 7.28. The third-order valence-corrected chi connectivity index (χ3v) is 5.22. The highest BCUT2D eigenvalue weighted by atomic mass is 79.9. The van der Waals surface area contributed by atoms with Gasteiger partial charge in [0.05, 0.1) is 31.2 Å². The lowest BCUT2D eigenvalue weighted by Crippen LogP contribution is -2.28. The summed E-state index contributed by atoms with van der Waals surface area (Å²) < 4.78 is 21.1. The smallest absolute Gasteiger partial charge is 0.203 e. The van der Waals surface area contributed by atoms with Crippen LogP contribution in [-0.4, -0.2) is 29.5 Å². The molecule has 0 fully saturated rings. The van der Waals surface area contributed by atoms with Crippen molar-refractivity contribution < 1.29 is 14.2 Å². The zero-order valence-corrected chi connectivity index (χ0v) is 20.0. The quantitative estimate of drug-likeness (QED) is 0.354. The van der Waals surface area contributed by atoms with Crippen LogP contribution in [0.3, 0.4) is 0 Å². The molecule has 7 heteroatoms. The molecule has 0 spiro atoms. The number of aryl methyl sites for hydroxylation is 1. The standard InChI is InChI=1S/C25H27N3O3.BrH/c1-19-11-13-20(14-12-19)30-17-15-27-21-7-3-4-8-22(21)28(25(27)26)16-18-31-24-10-6-5-9-23(24)29-2;/h3-14,26H,15-18H2,1-2H3;1H. The first kappa shape index (κ1) is 23.5. The first-order valence-electron chi connectivity index (χ1n) is 10.4. The molecule has 4 aromatic rings. The summed E-state index contributed by atoms with van der Waals surface area (Å²) in [5.41, 5.74) is 3.65. The van der Waals surface area contributed by atoms with E-state index < -0.39 is 0 Å². The summed E-state index contributed by atoms with van der Waals surface area (Å²) in [6, 6.07) is 23.7. The van der Waals surface area contributed by atoms with Gasteiger partial charge in [-0.15, -0.1) is 17.0 Å². The van der Waals surface area contributed by atoms with Crippen LogP contribution in [0.25, 0.3) is 11.0 Å². The maximum absolute atomic E-state index is 8.74. The number of aromatic nitrogens is 2. The van der Waals surface area contributed by atoms with Gasteiger partial charge in [0.25, 0.3) is 0 Å². The van der Waals surface area contributed by atoms with Crippen LogP contribution in [0.2, 0.25) is 0 Å². The molecular formula is C25H28BrN3O3. The molecular weight excluding hydrogens is 470 g/mol. The van der Waals surface area contributed by atoms with Crippen LogP contribution in [0.15, 0.2) is 72.8 Å². The van der Waals surface area contributed by atoms with Crippen molar-refractivity contribution in [2.75, 3.05) is 20.3 Å². The van der Waals surface area contributed by atoms with E-state index >= 15 is 0 Å². The Hall–Kier alpha value is -3.19. The number of methoxy groups -OCH3 is 1. The van der Waals surface area contributed by atoms with Gasteiger partial charge in [0.15, 0.2) is 11.5 Å². The molecule has 0 aliphatic rings. The van der Waals surface area contributed by atoms with Crippen molar-refractivity contribution in [3.05, 3.63) is 84.0 Å². The van der Waals surface area contributed by atoms with Crippen molar-refractivity contribution in [1.29, 1.82) is 5.41 Å². The maximum atomic E-state index is 8.74. The van der Waals surface area contributed by atoms with Crippen molar-refractivity contribution in [3.63, 3.8) is 0 Å². The fraction of sp³-hybridized carbons (Fsp3) is 0.240. The van der Waals surface area contributed by atoms with Crippen LogP contribution in [0.1, 0.15) is 5.56 Å². The Morgan fingerprint density at radius 3 is 1.84 bits per heavy atom. The second-order valence-corrected chi connectivity index (χ2v) is 7.28. The Labute approximate surface area is 198 Å². The van der Waals surface area contributed by atoms with E-state index in [1.165, 1.54) is 5.56 Å². The molecule has 1 N–H and O–H groups in total. The predicted molar refractivity (Wildman–Crippen MR) is 131 cm³/mol. The summed E-state index contributed by atoms with van der Waals surface area (Å²) in [7, 11) is 1.63. The fourth-order valence-electron chi connectivity index (χ4n) is 3.62. The second kappa shape index (κ2) is 10.9. The molecule has 0 amide bonds. The Bertz CT molecular complexity index is 1220. The number of imidazole rings is 1. The summed E-state index contributed by atoms with van der Waals surface area (Å²) >= 11 is 0. The van der Waals surface area contributed by atoms with Gasteiger partial charge in [-0.05, 0) is 43.3 Å². The van der Waals surface area contributed by atoms with E-state index in [1.54, 1.807) is 7.11 Å². The summed E-state index contributed by atoms with van der Waals surface area (Å²) in [5, 5.41) is 8.74. The molecule has 32 heavy (non-hydrogen) atoms. The van der Waals surface area contributed by atoms with Gasteiger partial charge in [-0.1, -0.05) is 42.0 Å². The van der Waals surface area contributed by atoms with Gasteiger partial charge in [-0.25, -0.2) is 0 Å². The number of para-hydroxylation sites is 4. The van der Waals surface area contributed by atoms with Crippen molar-refractivity contribution >= 4 is 28.0 Å². The SMILES string of the molecule is Br.COc1ccccc1OCCn1c(=N)n(CCOc2ccc(C)cc2)c2ccccc21. The number of rotatable bonds is 9. The monoisotopic (exact) mass is 497 g/mol. The third kappa shape index (κ3) is 5.16. The van der Waals surface area contributed by atoms with Crippen molar-refractivity contribution in [1.82, 2.24) is 9.13 Å². The summed E-state index contributed by atoms with van der Waals surface area (Å²) in [6.45, 7) is 4.13. The molecule has 1 heterocycles. The minimum Gasteiger partial charge on any atom is -0.493 e. The molecule has 168 valence electrons. The first-order valence-corrected chi connectivity index (χ1v) is 10.4. The normalized spacial score (nSPS) is 10.6. The molecule has 0 saturated heterocycles. The summed E-state index contributed by atoms with van der Waals surface area (Å²) in [6.07, 6.45) is 0. The number of nitrogens with one attached hydrogen (secondary N) is 1. The van der Waals surface area contributed by atoms with E-state index in [0.717, 1.165) is 16.8 Å². The largest absolute Gasteiger partial charge is 0.493 e. The van der Waals surface area contributed by atoms with Gasteiger partial charge < -0.3 is 23.3 Å². The number of halogens is 1. The molecule has 0 atom stereocenters.